The number of benzene rings is 2. The van der Waals surface area contributed by atoms with Gasteiger partial charge in [-0.3, -0.25) is 4.79 Å². The van der Waals surface area contributed by atoms with Gasteiger partial charge in [0.05, 0.1) is 0 Å². The third kappa shape index (κ3) is 5.82. The number of nitrogens with one attached hydrogen (secondary N) is 1. The number of amides is 1. The van der Waals surface area contributed by atoms with E-state index in [0.717, 1.165) is 11.1 Å². The highest BCUT2D eigenvalue weighted by Gasteiger charge is 2.22. The van der Waals surface area contributed by atoms with Crippen molar-refractivity contribution < 1.29 is 4.79 Å². The Morgan fingerprint density at radius 2 is 1.83 bits per heavy atom. The summed E-state index contributed by atoms with van der Waals surface area (Å²) in [6, 6.07) is 17.1. The first-order valence-electron chi connectivity index (χ1n) is 7.72. The summed E-state index contributed by atoms with van der Waals surface area (Å²) in [6.07, 6.45) is 0.273. The summed E-state index contributed by atoms with van der Waals surface area (Å²) in [5.74, 6) is -0.0449. The van der Waals surface area contributed by atoms with E-state index < -0.39 is 0 Å². The molecule has 2 rings (SSSR count). The van der Waals surface area contributed by atoms with Gasteiger partial charge in [0.2, 0.25) is 5.91 Å². The van der Waals surface area contributed by atoms with Gasteiger partial charge in [-0.1, -0.05) is 67.9 Å². The number of rotatable bonds is 6. The van der Waals surface area contributed by atoms with Gasteiger partial charge < -0.3 is 11.1 Å². The number of hydrogen-bond acceptors (Lipinski definition) is 2. The molecule has 2 aromatic rings. The second-order valence-electron chi connectivity index (χ2n) is 6.39. The maximum absolute atomic E-state index is 12.2. The van der Waals surface area contributed by atoms with E-state index in [0.29, 0.717) is 11.6 Å². The van der Waals surface area contributed by atoms with Crippen LogP contribution in [0.15, 0.2) is 54.6 Å². The second kappa shape index (κ2) is 9.07. The van der Waals surface area contributed by atoms with Crippen LogP contribution in [-0.4, -0.2) is 12.5 Å². The van der Waals surface area contributed by atoms with Gasteiger partial charge in [-0.25, -0.2) is 0 Å². The first kappa shape index (κ1) is 20.5. The van der Waals surface area contributed by atoms with Crippen molar-refractivity contribution in [1.82, 2.24) is 5.32 Å². The molecule has 3 N–H and O–H groups in total. The van der Waals surface area contributed by atoms with Crippen LogP contribution in [0.2, 0.25) is 5.02 Å². The normalized spacial score (nSPS) is 12.2. The van der Waals surface area contributed by atoms with Crippen molar-refractivity contribution in [2.45, 2.75) is 31.7 Å². The van der Waals surface area contributed by atoms with E-state index in [2.05, 4.69) is 19.2 Å². The summed E-state index contributed by atoms with van der Waals surface area (Å²) < 4.78 is 0. The van der Waals surface area contributed by atoms with Gasteiger partial charge in [-0.2, -0.15) is 0 Å². The third-order valence-corrected chi connectivity index (χ3v) is 4.20. The Morgan fingerprint density at radius 1 is 1.17 bits per heavy atom. The molecule has 0 radical (unpaired) electrons. The fourth-order valence-corrected chi connectivity index (χ4v) is 2.61. The van der Waals surface area contributed by atoms with E-state index in [1.807, 2.05) is 54.6 Å². The van der Waals surface area contributed by atoms with Crippen LogP contribution in [0.5, 0.6) is 0 Å². The van der Waals surface area contributed by atoms with Crippen LogP contribution in [0.25, 0.3) is 0 Å². The molecule has 0 bridgehead atoms. The second-order valence-corrected chi connectivity index (χ2v) is 6.83. The van der Waals surface area contributed by atoms with Gasteiger partial charge in [0, 0.05) is 29.4 Å². The van der Waals surface area contributed by atoms with E-state index in [9.17, 15) is 4.79 Å². The molecule has 0 fully saturated rings. The number of halogens is 2. The summed E-state index contributed by atoms with van der Waals surface area (Å²) in [5, 5.41) is 3.68. The molecule has 1 amide bonds. The largest absolute Gasteiger partial charge is 0.355 e. The predicted molar refractivity (Wildman–Crippen MR) is 103 cm³/mol. The molecule has 0 saturated carbocycles. The van der Waals surface area contributed by atoms with Crippen molar-refractivity contribution in [2.24, 2.45) is 5.73 Å². The highest BCUT2D eigenvalue weighted by atomic mass is 35.5. The Labute approximate surface area is 155 Å². The number of nitrogens with two attached hydrogens (primary N) is 1. The number of carbonyl (C=O) groups is 1. The molecule has 1 atom stereocenters. The zero-order chi connectivity index (χ0) is 16.9. The molecular formula is C19H24Cl2N2O. The van der Waals surface area contributed by atoms with Gasteiger partial charge >= 0.3 is 0 Å². The molecule has 0 aromatic heterocycles. The Morgan fingerprint density at radius 3 is 2.46 bits per heavy atom. The Bertz CT molecular complexity index is 659. The smallest absolute Gasteiger partial charge is 0.221 e. The van der Waals surface area contributed by atoms with Gasteiger partial charge in [-0.15, -0.1) is 12.4 Å². The summed E-state index contributed by atoms with van der Waals surface area (Å²) in [7, 11) is 0. The highest BCUT2D eigenvalue weighted by molar-refractivity contribution is 6.30. The Hall–Kier alpha value is -1.55. The minimum Gasteiger partial charge on any atom is -0.355 e. The molecule has 0 aliphatic carbocycles. The van der Waals surface area contributed by atoms with E-state index in [4.69, 9.17) is 17.3 Å². The molecule has 1 unspecified atom stereocenters. The molecule has 24 heavy (non-hydrogen) atoms. The van der Waals surface area contributed by atoms with E-state index in [1.54, 1.807) is 0 Å². The average Bonchev–Trinajstić information content (AvgIpc) is 2.54. The first-order chi connectivity index (χ1) is 10.9. The molecule has 2 aromatic carbocycles. The van der Waals surface area contributed by atoms with Crippen molar-refractivity contribution in [3.63, 3.8) is 0 Å². The summed E-state index contributed by atoms with van der Waals surface area (Å²) in [4.78, 5) is 12.2. The number of hydrogen-bond donors (Lipinski definition) is 2. The van der Waals surface area contributed by atoms with E-state index in [-0.39, 0.29) is 36.2 Å². The predicted octanol–water partition coefficient (Wildman–Crippen LogP) is 4.25. The Kier molecular flexibility index (Phi) is 7.74. The quantitative estimate of drug-likeness (QED) is 0.802. The molecule has 130 valence electrons. The fourth-order valence-electron chi connectivity index (χ4n) is 2.42. The van der Waals surface area contributed by atoms with Crippen LogP contribution in [0.1, 0.15) is 37.4 Å². The van der Waals surface area contributed by atoms with Crippen molar-refractivity contribution in [1.29, 1.82) is 0 Å². The van der Waals surface area contributed by atoms with Crippen molar-refractivity contribution >= 4 is 29.9 Å². The van der Waals surface area contributed by atoms with Gasteiger partial charge in [0.25, 0.3) is 0 Å². The lowest BCUT2D eigenvalue weighted by Gasteiger charge is -2.26. The number of carbonyl (C=O) groups excluding carboxylic acids is 1. The minimum atomic E-state index is -0.287. The van der Waals surface area contributed by atoms with Crippen molar-refractivity contribution in [3.8, 4) is 0 Å². The van der Waals surface area contributed by atoms with Crippen LogP contribution in [-0.2, 0) is 10.2 Å². The molecule has 0 saturated heterocycles. The third-order valence-electron chi connectivity index (χ3n) is 3.97. The first-order valence-corrected chi connectivity index (χ1v) is 8.09. The molecular weight excluding hydrogens is 343 g/mol. The summed E-state index contributed by atoms with van der Waals surface area (Å²) in [6.45, 7) is 4.69. The maximum Gasteiger partial charge on any atom is 0.221 e. The molecule has 0 aliphatic rings. The van der Waals surface area contributed by atoms with Crippen LogP contribution < -0.4 is 11.1 Å². The lowest BCUT2D eigenvalue weighted by molar-refractivity contribution is -0.121. The van der Waals surface area contributed by atoms with Crippen LogP contribution in [0.4, 0.5) is 0 Å². The molecule has 5 heteroatoms. The highest BCUT2D eigenvalue weighted by Crippen LogP contribution is 2.25. The Balaban J connectivity index is 0.00000288. The molecule has 0 aliphatic heterocycles. The van der Waals surface area contributed by atoms with Crippen LogP contribution >= 0.6 is 24.0 Å². The lowest BCUT2D eigenvalue weighted by atomic mass is 9.84. The zero-order valence-electron chi connectivity index (χ0n) is 14.0. The molecule has 3 nitrogen and oxygen atoms in total. The van der Waals surface area contributed by atoms with Crippen LogP contribution in [0.3, 0.4) is 0 Å². The van der Waals surface area contributed by atoms with Gasteiger partial charge in [-0.05, 0) is 23.3 Å². The van der Waals surface area contributed by atoms with Crippen molar-refractivity contribution in [3.05, 3.63) is 70.7 Å². The maximum atomic E-state index is 12.2. The van der Waals surface area contributed by atoms with Gasteiger partial charge in [0.1, 0.15) is 0 Å². The van der Waals surface area contributed by atoms with Crippen molar-refractivity contribution in [2.75, 3.05) is 6.54 Å². The minimum absolute atomic E-state index is 0. The monoisotopic (exact) mass is 366 g/mol. The van der Waals surface area contributed by atoms with E-state index >= 15 is 0 Å². The SMILES string of the molecule is CC(C)(CNC(=O)CC(N)c1ccccc1)c1cccc(Cl)c1.Cl. The zero-order valence-corrected chi connectivity index (χ0v) is 15.5. The summed E-state index contributed by atoms with van der Waals surface area (Å²) in [5.41, 5.74) is 7.96. The fraction of sp³-hybridized carbons (Fsp3) is 0.316. The molecule has 0 spiro atoms. The standard InChI is InChI=1S/C19H23ClN2O.ClH/c1-19(2,15-9-6-10-16(20)11-15)13-22-18(23)12-17(21)14-7-4-3-5-8-14;/h3-11,17H,12-13,21H2,1-2H3,(H,22,23);1H. The van der Waals surface area contributed by atoms with Crippen LogP contribution in [0, 0.1) is 0 Å². The molecule has 0 heterocycles. The average molecular weight is 367 g/mol. The topological polar surface area (TPSA) is 55.1 Å². The lowest BCUT2D eigenvalue weighted by Crippen LogP contribution is -2.37. The summed E-state index contributed by atoms with van der Waals surface area (Å²) >= 11 is 6.05. The van der Waals surface area contributed by atoms with Gasteiger partial charge in [0.15, 0.2) is 0 Å². The van der Waals surface area contributed by atoms with E-state index in [1.165, 1.54) is 0 Å².